The highest BCUT2D eigenvalue weighted by Crippen LogP contribution is 2.00. The molecule has 0 saturated carbocycles. The summed E-state index contributed by atoms with van der Waals surface area (Å²) < 4.78 is 4.36. The van der Waals surface area contributed by atoms with Gasteiger partial charge in [-0.15, -0.1) is 0 Å². The van der Waals surface area contributed by atoms with Gasteiger partial charge in [-0.1, -0.05) is 13.8 Å². The summed E-state index contributed by atoms with van der Waals surface area (Å²) in [6.07, 6.45) is -0.407. The van der Waals surface area contributed by atoms with Crippen molar-refractivity contribution in [3.63, 3.8) is 0 Å². The number of hydrogen-bond donors (Lipinski definition) is 3. The molecule has 7 nitrogen and oxygen atoms in total. The van der Waals surface area contributed by atoms with Crippen molar-refractivity contribution >= 4 is 18.0 Å². The SMILES string of the molecule is COC(=O)C[C@H](NC(=O)NC(C)C(C)C)C(=O)O. The van der Waals surface area contributed by atoms with Crippen molar-refractivity contribution in [2.45, 2.75) is 39.3 Å². The number of amides is 2. The second kappa shape index (κ2) is 7.52. The van der Waals surface area contributed by atoms with Crippen molar-refractivity contribution in [3.8, 4) is 0 Å². The van der Waals surface area contributed by atoms with Gasteiger partial charge in [-0.3, -0.25) is 4.79 Å². The monoisotopic (exact) mass is 260 g/mol. The predicted octanol–water partition coefficient (Wildman–Crippen LogP) is 0.346. The van der Waals surface area contributed by atoms with Gasteiger partial charge in [-0.2, -0.15) is 0 Å². The summed E-state index contributed by atoms with van der Waals surface area (Å²) in [4.78, 5) is 33.3. The molecule has 0 aliphatic heterocycles. The molecule has 0 bridgehead atoms. The maximum absolute atomic E-state index is 11.5. The lowest BCUT2D eigenvalue weighted by molar-refractivity contribution is -0.147. The molecule has 104 valence electrons. The first-order valence-corrected chi connectivity index (χ1v) is 5.64. The second-order valence-electron chi connectivity index (χ2n) is 4.32. The number of carbonyl (C=O) groups is 3. The summed E-state index contributed by atoms with van der Waals surface area (Å²) in [6, 6.07) is -2.01. The van der Waals surface area contributed by atoms with Gasteiger partial charge in [0.25, 0.3) is 0 Å². The van der Waals surface area contributed by atoms with Crippen molar-refractivity contribution in [2.75, 3.05) is 7.11 Å². The average Bonchev–Trinajstić information content (AvgIpc) is 2.27. The third-order valence-electron chi connectivity index (χ3n) is 2.56. The van der Waals surface area contributed by atoms with Gasteiger partial charge in [-0.25, -0.2) is 9.59 Å². The van der Waals surface area contributed by atoms with Gasteiger partial charge in [0.2, 0.25) is 0 Å². The molecular formula is C11H20N2O5. The Morgan fingerprint density at radius 1 is 1.17 bits per heavy atom. The van der Waals surface area contributed by atoms with E-state index in [2.05, 4.69) is 15.4 Å². The summed E-state index contributed by atoms with van der Waals surface area (Å²) in [7, 11) is 1.15. The van der Waals surface area contributed by atoms with Gasteiger partial charge in [0, 0.05) is 6.04 Å². The largest absolute Gasteiger partial charge is 0.480 e. The Morgan fingerprint density at radius 3 is 2.11 bits per heavy atom. The van der Waals surface area contributed by atoms with E-state index in [9.17, 15) is 14.4 Å². The summed E-state index contributed by atoms with van der Waals surface area (Å²) in [6.45, 7) is 5.66. The fourth-order valence-electron chi connectivity index (χ4n) is 1.02. The van der Waals surface area contributed by atoms with E-state index in [0.29, 0.717) is 0 Å². The summed E-state index contributed by atoms with van der Waals surface area (Å²) in [5.74, 6) is -1.76. The van der Waals surface area contributed by atoms with Gasteiger partial charge in [-0.05, 0) is 12.8 Å². The minimum atomic E-state index is -1.29. The van der Waals surface area contributed by atoms with E-state index < -0.39 is 30.4 Å². The van der Waals surface area contributed by atoms with Gasteiger partial charge in [0.15, 0.2) is 0 Å². The number of nitrogens with one attached hydrogen (secondary N) is 2. The highest BCUT2D eigenvalue weighted by molar-refractivity contribution is 5.86. The number of urea groups is 1. The molecule has 0 aliphatic carbocycles. The van der Waals surface area contributed by atoms with Crippen LogP contribution in [-0.2, 0) is 14.3 Å². The van der Waals surface area contributed by atoms with E-state index in [-0.39, 0.29) is 12.0 Å². The first-order valence-electron chi connectivity index (χ1n) is 5.64. The number of aliphatic carboxylic acids is 1. The molecule has 18 heavy (non-hydrogen) atoms. The lowest BCUT2D eigenvalue weighted by Crippen LogP contribution is -2.50. The van der Waals surface area contributed by atoms with Crippen LogP contribution in [0.5, 0.6) is 0 Å². The Balaban J connectivity index is 4.37. The number of esters is 1. The predicted molar refractivity (Wildman–Crippen MR) is 64.0 cm³/mol. The van der Waals surface area contributed by atoms with E-state index in [1.54, 1.807) is 6.92 Å². The van der Waals surface area contributed by atoms with Crippen LogP contribution in [0.15, 0.2) is 0 Å². The number of ether oxygens (including phenoxy) is 1. The topological polar surface area (TPSA) is 105 Å². The molecular weight excluding hydrogens is 240 g/mol. The molecule has 0 rings (SSSR count). The second-order valence-corrected chi connectivity index (χ2v) is 4.32. The van der Waals surface area contributed by atoms with E-state index >= 15 is 0 Å². The van der Waals surface area contributed by atoms with Gasteiger partial charge in [0.1, 0.15) is 6.04 Å². The van der Waals surface area contributed by atoms with Crippen molar-refractivity contribution in [1.29, 1.82) is 0 Å². The zero-order chi connectivity index (χ0) is 14.3. The number of carboxylic acid groups (broad SMARTS) is 1. The van der Waals surface area contributed by atoms with Gasteiger partial charge >= 0.3 is 18.0 Å². The third-order valence-corrected chi connectivity index (χ3v) is 2.56. The quantitative estimate of drug-likeness (QED) is 0.597. The number of carbonyl (C=O) groups excluding carboxylic acids is 2. The molecule has 3 N–H and O–H groups in total. The number of hydrogen-bond acceptors (Lipinski definition) is 4. The Hall–Kier alpha value is -1.79. The maximum atomic E-state index is 11.5. The van der Waals surface area contributed by atoms with E-state index in [1.807, 2.05) is 13.8 Å². The molecule has 7 heteroatoms. The van der Waals surface area contributed by atoms with Crippen LogP contribution in [0.1, 0.15) is 27.2 Å². The molecule has 0 heterocycles. The van der Waals surface area contributed by atoms with Crippen LogP contribution >= 0.6 is 0 Å². The van der Waals surface area contributed by atoms with Crippen LogP contribution in [0.3, 0.4) is 0 Å². The zero-order valence-electron chi connectivity index (χ0n) is 11.0. The van der Waals surface area contributed by atoms with Crippen LogP contribution < -0.4 is 10.6 Å². The number of carboxylic acids is 1. The molecule has 0 aromatic rings. The molecule has 2 atom stereocenters. The molecule has 1 unspecified atom stereocenters. The zero-order valence-corrected chi connectivity index (χ0v) is 11.0. The maximum Gasteiger partial charge on any atom is 0.326 e. The van der Waals surface area contributed by atoms with E-state index in [0.717, 1.165) is 7.11 Å². The van der Waals surface area contributed by atoms with Gasteiger partial charge in [0.05, 0.1) is 13.5 Å². The first-order chi connectivity index (χ1) is 8.27. The number of methoxy groups -OCH3 is 1. The standard InChI is InChI=1S/C11H20N2O5/c1-6(2)7(3)12-11(17)13-8(10(15)16)5-9(14)18-4/h6-8H,5H2,1-4H3,(H,15,16)(H2,12,13,17)/t7?,8-/m0/s1. The van der Waals surface area contributed by atoms with E-state index in [4.69, 9.17) is 5.11 Å². The first kappa shape index (κ1) is 16.2. The molecule has 0 spiro atoms. The van der Waals surface area contributed by atoms with Crippen LogP contribution in [0.4, 0.5) is 4.79 Å². The Morgan fingerprint density at radius 2 is 1.72 bits per heavy atom. The van der Waals surface area contributed by atoms with Crippen LogP contribution in [0, 0.1) is 5.92 Å². The minimum absolute atomic E-state index is 0.0995. The van der Waals surface area contributed by atoms with Crippen molar-refractivity contribution in [1.82, 2.24) is 10.6 Å². The number of rotatable bonds is 6. The molecule has 0 radical (unpaired) electrons. The molecule has 0 aromatic carbocycles. The smallest absolute Gasteiger partial charge is 0.326 e. The molecule has 0 aliphatic rings. The van der Waals surface area contributed by atoms with Crippen molar-refractivity contribution in [2.24, 2.45) is 5.92 Å². The minimum Gasteiger partial charge on any atom is -0.480 e. The Bertz CT molecular complexity index is 317. The van der Waals surface area contributed by atoms with Crippen molar-refractivity contribution < 1.29 is 24.2 Å². The van der Waals surface area contributed by atoms with Crippen LogP contribution in [-0.4, -0.2) is 42.3 Å². The Labute approximate surface area is 106 Å². The fraction of sp³-hybridized carbons (Fsp3) is 0.727. The fourth-order valence-corrected chi connectivity index (χ4v) is 1.02. The molecule has 0 aromatic heterocycles. The third kappa shape index (κ3) is 6.07. The Kier molecular flexibility index (Phi) is 6.77. The molecule has 0 saturated heterocycles. The lowest BCUT2D eigenvalue weighted by Gasteiger charge is -2.20. The average molecular weight is 260 g/mol. The summed E-state index contributed by atoms with van der Waals surface area (Å²) in [5, 5.41) is 13.7. The van der Waals surface area contributed by atoms with Crippen molar-refractivity contribution in [3.05, 3.63) is 0 Å². The summed E-state index contributed by atoms with van der Waals surface area (Å²) in [5.41, 5.74) is 0. The van der Waals surface area contributed by atoms with Gasteiger partial charge < -0.3 is 20.5 Å². The van der Waals surface area contributed by atoms with Crippen LogP contribution in [0.25, 0.3) is 0 Å². The van der Waals surface area contributed by atoms with E-state index in [1.165, 1.54) is 0 Å². The van der Waals surface area contributed by atoms with Crippen LogP contribution in [0.2, 0.25) is 0 Å². The molecule has 0 fully saturated rings. The highest BCUT2D eigenvalue weighted by Gasteiger charge is 2.24. The summed E-state index contributed by atoms with van der Waals surface area (Å²) >= 11 is 0. The molecule has 2 amide bonds. The lowest BCUT2D eigenvalue weighted by atomic mass is 10.1. The highest BCUT2D eigenvalue weighted by atomic mass is 16.5. The normalized spacial score (nSPS) is 13.6.